The molecule has 2 heterocycles. The van der Waals surface area contributed by atoms with Crippen LogP contribution in [0.4, 0.5) is 13.2 Å². The Bertz CT molecular complexity index is 277. The van der Waals surface area contributed by atoms with E-state index in [0.717, 1.165) is 32.6 Å². The average Bonchev–Trinajstić information content (AvgIpc) is 2.84. The minimum Gasteiger partial charge on any atom is -0.330 e. The fraction of sp³-hybridized carbons (Fsp3) is 1.00. The highest BCUT2D eigenvalue weighted by Crippen LogP contribution is 2.28. The van der Waals surface area contributed by atoms with Crippen molar-refractivity contribution < 1.29 is 13.2 Å². The maximum absolute atomic E-state index is 12.7. The van der Waals surface area contributed by atoms with Crippen molar-refractivity contribution in [3.05, 3.63) is 0 Å². The molecule has 3 nitrogen and oxygen atoms in total. The van der Waals surface area contributed by atoms with Crippen LogP contribution in [0.3, 0.4) is 0 Å². The zero-order chi connectivity index (χ0) is 13.9. The number of piperidine rings is 1. The van der Waals surface area contributed by atoms with Crippen molar-refractivity contribution in [3.8, 4) is 0 Å². The largest absolute Gasteiger partial charge is 0.394 e. The molecule has 2 saturated heterocycles. The van der Waals surface area contributed by atoms with Crippen LogP contribution in [0.5, 0.6) is 0 Å². The second kappa shape index (κ2) is 6.41. The van der Waals surface area contributed by atoms with E-state index in [2.05, 4.69) is 4.90 Å². The van der Waals surface area contributed by atoms with Gasteiger partial charge in [-0.2, -0.15) is 13.2 Å². The summed E-state index contributed by atoms with van der Waals surface area (Å²) in [4.78, 5) is 4.39. The van der Waals surface area contributed by atoms with Crippen LogP contribution in [0.1, 0.15) is 25.7 Å². The van der Waals surface area contributed by atoms with Gasteiger partial charge in [-0.25, -0.2) is 0 Å². The molecule has 0 saturated carbocycles. The Labute approximate surface area is 112 Å². The molecule has 2 fully saturated rings. The predicted molar refractivity (Wildman–Crippen MR) is 68.9 cm³/mol. The summed E-state index contributed by atoms with van der Waals surface area (Å²) in [7, 11) is 0. The summed E-state index contributed by atoms with van der Waals surface area (Å²) in [5, 5.41) is 0. The lowest BCUT2D eigenvalue weighted by Gasteiger charge is -2.32. The van der Waals surface area contributed by atoms with E-state index in [1.165, 1.54) is 19.3 Å². The van der Waals surface area contributed by atoms with Gasteiger partial charge in [-0.05, 0) is 38.9 Å². The van der Waals surface area contributed by atoms with Crippen LogP contribution < -0.4 is 5.73 Å². The number of rotatable bonds is 4. The van der Waals surface area contributed by atoms with Crippen molar-refractivity contribution >= 4 is 0 Å². The van der Waals surface area contributed by atoms with Crippen molar-refractivity contribution in [2.45, 2.75) is 37.9 Å². The van der Waals surface area contributed by atoms with Crippen molar-refractivity contribution in [1.29, 1.82) is 0 Å². The van der Waals surface area contributed by atoms with E-state index in [1.807, 2.05) is 4.90 Å². The number of likely N-dealkylation sites (tertiary alicyclic amines) is 2. The van der Waals surface area contributed by atoms with E-state index >= 15 is 0 Å². The lowest BCUT2D eigenvalue weighted by molar-refractivity contribution is -0.175. The number of nitrogens with two attached hydrogens (primary N) is 1. The summed E-state index contributed by atoms with van der Waals surface area (Å²) in [6.07, 6.45) is 0.568. The Morgan fingerprint density at radius 3 is 2.37 bits per heavy atom. The molecule has 2 rings (SSSR count). The zero-order valence-electron chi connectivity index (χ0n) is 11.3. The summed E-state index contributed by atoms with van der Waals surface area (Å²) in [5.74, 6) is -1.38. The molecular weight excluding hydrogens is 255 g/mol. The van der Waals surface area contributed by atoms with Crippen molar-refractivity contribution in [1.82, 2.24) is 9.80 Å². The molecule has 2 aliphatic rings. The first-order valence-corrected chi connectivity index (χ1v) is 7.24. The molecule has 2 aliphatic heterocycles. The van der Waals surface area contributed by atoms with E-state index in [9.17, 15) is 13.2 Å². The Kier molecular flexibility index (Phi) is 5.09. The van der Waals surface area contributed by atoms with Crippen molar-refractivity contribution in [2.24, 2.45) is 11.7 Å². The Hall–Kier alpha value is -0.330. The van der Waals surface area contributed by atoms with Gasteiger partial charge in [-0.15, -0.1) is 0 Å². The molecule has 0 aliphatic carbocycles. The van der Waals surface area contributed by atoms with Gasteiger partial charge in [0.25, 0.3) is 0 Å². The van der Waals surface area contributed by atoms with Gasteiger partial charge in [0.05, 0.1) is 5.92 Å². The Morgan fingerprint density at radius 2 is 1.79 bits per heavy atom. The highest BCUT2D eigenvalue weighted by atomic mass is 19.4. The normalized spacial score (nSPS) is 28.7. The summed E-state index contributed by atoms with van der Waals surface area (Å²) < 4.78 is 38.1. The van der Waals surface area contributed by atoms with Gasteiger partial charge in [-0.3, -0.25) is 4.90 Å². The van der Waals surface area contributed by atoms with Crippen LogP contribution in [0.25, 0.3) is 0 Å². The standard InChI is InChI=1S/C13H24F3N3/c14-13(15,16)11(8-17)9-18-7-4-12(10-18)19-5-2-1-3-6-19/h11-12H,1-10,17H2. The molecule has 6 heteroatoms. The molecule has 0 aromatic carbocycles. The molecule has 0 bridgehead atoms. The second-order valence-corrected chi connectivity index (χ2v) is 5.77. The van der Waals surface area contributed by atoms with Gasteiger partial charge in [0.15, 0.2) is 0 Å². The van der Waals surface area contributed by atoms with Crippen molar-refractivity contribution in [3.63, 3.8) is 0 Å². The van der Waals surface area contributed by atoms with Gasteiger partial charge in [0.1, 0.15) is 0 Å². The Balaban J connectivity index is 1.81. The maximum atomic E-state index is 12.7. The highest BCUT2D eigenvalue weighted by molar-refractivity contribution is 4.86. The lowest BCUT2D eigenvalue weighted by atomic mass is 10.1. The van der Waals surface area contributed by atoms with Gasteiger partial charge >= 0.3 is 6.18 Å². The van der Waals surface area contributed by atoms with E-state index in [4.69, 9.17) is 5.73 Å². The fourth-order valence-corrected chi connectivity index (χ4v) is 3.18. The summed E-state index contributed by atoms with van der Waals surface area (Å²) in [6.45, 7) is 3.51. The van der Waals surface area contributed by atoms with Gasteiger partial charge < -0.3 is 10.6 Å². The molecule has 0 spiro atoms. The zero-order valence-corrected chi connectivity index (χ0v) is 11.3. The van der Waals surface area contributed by atoms with Gasteiger partial charge in [0.2, 0.25) is 0 Å². The van der Waals surface area contributed by atoms with Crippen LogP contribution in [-0.4, -0.2) is 61.3 Å². The minimum atomic E-state index is -4.17. The molecule has 0 aromatic rings. The third-order valence-corrected chi connectivity index (χ3v) is 4.38. The molecule has 19 heavy (non-hydrogen) atoms. The molecule has 0 aromatic heterocycles. The van der Waals surface area contributed by atoms with Crippen molar-refractivity contribution in [2.75, 3.05) is 39.3 Å². The van der Waals surface area contributed by atoms with Crippen LogP contribution >= 0.6 is 0 Å². The smallest absolute Gasteiger partial charge is 0.330 e. The summed E-state index contributed by atoms with van der Waals surface area (Å²) in [5.41, 5.74) is 5.26. The van der Waals surface area contributed by atoms with Gasteiger partial charge in [0, 0.05) is 25.7 Å². The van der Waals surface area contributed by atoms with E-state index < -0.39 is 12.1 Å². The summed E-state index contributed by atoms with van der Waals surface area (Å²) >= 11 is 0. The molecule has 2 unspecified atom stereocenters. The minimum absolute atomic E-state index is 0.0599. The Morgan fingerprint density at radius 1 is 1.11 bits per heavy atom. The topological polar surface area (TPSA) is 32.5 Å². The number of halogens is 3. The maximum Gasteiger partial charge on any atom is 0.394 e. The monoisotopic (exact) mass is 279 g/mol. The summed E-state index contributed by atoms with van der Waals surface area (Å²) in [6, 6.07) is 0.451. The fourth-order valence-electron chi connectivity index (χ4n) is 3.18. The van der Waals surface area contributed by atoms with Crippen LogP contribution in [0.2, 0.25) is 0 Å². The van der Waals surface area contributed by atoms with Crippen LogP contribution in [-0.2, 0) is 0 Å². The quantitative estimate of drug-likeness (QED) is 0.850. The van der Waals surface area contributed by atoms with Crippen LogP contribution in [0, 0.1) is 5.92 Å². The number of nitrogens with zero attached hydrogens (tertiary/aromatic N) is 2. The second-order valence-electron chi connectivity index (χ2n) is 5.77. The third kappa shape index (κ3) is 4.07. The van der Waals surface area contributed by atoms with Crippen LogP contribution in [0.15, 0.2) is 0 Å². The lowest BCUT2D eigenvalue weighted by Crippen LogP contribution is -2.43. The number of alkyl halides is 3. The van der Waals surface area contributed by atoms with E-state index in [1.54, 1.807) is 0 Å². The molecule has 2 atom stereocenters. The molecule has 0 radical (unpaired) electrons. The molecule has 2 N–H and O–H groups in total. The average molecular weight is 279 g/mol. The number of hydrogen-bond donors (Lipinski definition) is 1. The molecule has 0 amide bonds. The first-order chi connectivity index (χ1) is 9.00. The predicted octanol–water partition coefficient (Wildman–Crippen LogP) is 1.68. The van der Waals surface area contributed by atoms with E-state index in [0.29, 0.717) is 6.04 Å². The van der Waals surface area contributed by atoms with E-state index in [-0.39, 0.29) is 13.1 Å². The first kappa shape index (κ1) is 15.1. The van der Waals surface area contributed by atoms with Gasteiger partial charge in [-0.1, -0.05) is 6.42 Å². The SMILES string of the molecule is NCC(CN1CCC(N2CCCCC2)C1)C(F)(F)F. The first-order valence-electron chi connectivity index (χ1n) is 7.24. The number of hydrogen-bond acceptors (Lipinski definition) is 3. The highest BCUT2D eigenvalue weighted by Gasteiger charge is 2.40. The molecule has 112 valence electrons. The third-order valence-electron chi connectivity index (χ3n) is 4.38. The molecular formula is C13H24F3N3.